The number of pyridine rings is 1. The van der Waals surface area contributed by atoms with Crippen LogP contribution in [0.1, 0.15) is 15.9 Å². The summed E-state index contributed by atoms with van der Waals surface area (Å²) in [6.45, 7) is 4.91. The van der Waals surface area contributed by atoms with Crippen LogP contribution in [0.25, 0.3) is 22.2 Å². The molecule has 166 valence electrons. The van der Waals surface area contributed by atoms with Crippen LogP contribution in [0, 0.1) is 6.92 Å². The highest BCUT2D eigenvalue weighted by Crippen LogP contribution is 2.30. The number of para-hydroxylation sites is 3. The maximum atomic E-state index is 13.7. The zero-order chi connectivity index (χ0) is 22.8. The monoisotopic (exact) mass is 437 g/mol. The molecule has 3 aromatic carbocycles. The second-order valence-corrected chi connectivity index (χ2v) is 8.39. The van der Waals surface area contributed by atoms with Crippen LogP contribution < -0.4 is 9.64 Å². The number of hydrogen-bond donors (Lipinski definition) is 0. The molecular formula is C28H27N3O2. The molecule has 4 aromatic rings. The lowest BCUT2D eigenvalue weighted by Crippen LogP contribution is -2.49. The number of methoxy groups -OCH3 is 1. The Labute approximate surface area is 194 Å². The molecule has 0 bridgehead atoms. The molecular weight excluding hydrogens is 410 g/mol. The molecule has 0 aliphatic carbocycles. The highest BCUT2D eigenvalue weighted by molar-refractivity contribution is 6.07. The SMILES string of the molecule is COc1ccccc1N1CCN(C(=O)c2cc(-c3ccc(C)cc3)nc3ccccc23)CC1. The molecule has 1 amide bonds. The fourth-order valence-corrected chi connectivity index (χ4v) is 4.44. The highest BCUT2D eigenvalue weighted by atomic mass is 16.5. The minimum absolute atomic E-state index is 0.0571. The van der Waals surface area contributed by atoms with Gasteiger partial charge in [0, 0.05) is 37.1 Å². The summed E-state index contributed by atoms with van der Waals surface area (Å²) in [6, 6.07) is 26.1. The quantitative estimate of drug-likeness (QED) is 0.441. The van der Waals surface area contributed by atoms with E-state index in [0.29, 0.717) is 18.7 Å². The van der Waals surface area contributed by atoms with Gasteiger partial charge in [-0.15, -0.1) is 0 Å². The van der Waals surface area contributed by atoms with Crippen LogP contribution in [-0.4, -0.2) is 49.1 Å². The first-order chi connectivity index (χ1) is 16.1. The predicted molar refractivity (Wildman–Crippen MR) is 133 cm³/mol. The molecule has 1 aliphatic heterocycles. The number of amides is 1. The lowest BCUT2D eigenvalue weighted by atomic mass is 10.0. The molecule has 1 aromatic heterocycles. The van der Waals surface area contributed by atoms with Crippen LogP contribution in [0.15, 0.2) is 78.9 Å². The summed E-state index contributed by atoms with van der Waals surface area (Å²) >= 11 is 0. The average molecular weight is 438 g/mol. The van der Waals surface area contributed by atoms with Crippen molar-refractivity contribution in [3.05, 3.63) is 90.0 Å². The van der Waals surface area contributed by atoms with E-state index in [1.54, 1.807) is 7.11 Å². The first-order valence-electron chi connectivity index (χ1n) is 11.3. The number of carbonyl (C=O) groups is 1. The summed E-state index contributed by atoms with van der Waals surface area (Å²) in [6.07, 6.45) is 0. The summed E-state index contributed by atoms with van der Waals surface area (Å²) in [5, 5.41) is 0.894. The summed E-state index contributed by atoms with van der Waals surface area (Å²) in [7, 11) is 1.69. The van der Waals surface area contributed by atoms with Gasteiger partial charge in [-0.3, -0.25) is 4.79 Å². The molecule has 33 heavy (non-hydrogen) atoms. The maximum Gasteiger partial charge on any atom is 0.254 e. The lowest BCUT2D eigenvalue weighted by molar-refractivity contribution is 0.0748. The number of fused-ring (bicyclic) bond motifs is 1. The van der Waals surface area contributed by atoms with Crippen molar-refractivity contribution in [1.29, 1.82) is 0 Å². The zero-order valence-corrected chi connectivity index (χ0v) is 19.0. The molecule has 1 fully saturated rings. The third-order valence-corrected chi connectivity index (χ3v) is 6.29. The number of rotatable bonds is 4. The van der Waals surface area contributed by atoms with Crippen molar-refractivity contribution in [2.45, 2.75) is 6.92 Å². The minimum Gasteiger partial charge on any atom is -0.495 e. The standard InChI is InChI=1S/C28H27N3O2/c1-20-11-13-21(14-12-20)25-19-23(22-7-3-4-8-24(22)29-25)28(32)31-17-15-30(16-18-31)26-9-5-6-10-27(26)33-2/h3-14,19H,15-18H2,1-2H3. The summed E-state index contributed by atoms with van der Waals surface area (Å²) < 4.78 is 5.52. The number of hydrogen-bond acceptors (Lipinski definition) is 4. The molecule has 0 atom stereocenters. The molecule has 0 N–H and O–H groups in total. The third-order valence-electron chi connectivity index (χ3n) is 6.29. The van der Waals surface area contributed by atoms with Gasteiger partial charge < -0.3 is 14.5 Å². The number of aryl methyl sites for hydroxylation is 1. The molecule has 0 unspecified atom stereocenters. The second kappa shape index (κ2) is 8.94. The Hall–Kier alpha value is -3.86. The lowest BCUT2D eigenvalue weighted by Gasteiger charge is -2.36. The van der Waals surface area contributed by atoms with Gasteiger partial charge >= 0.3 is 0 Å². The van der Waals surface area contributed by atoms with Crippen molar-refractivity contribution in [3.63, 3.8) is 0 Å². The topological polar surface area (TPSA) is 45.7 Å². The number of nitrogens with zero attached hydrogens (tertiary/aromatic N) is 3. The Morgan fingerprint density at radius 2 is 1.58 bits per heavy atom. The van der Waals surface area contributed by atoms with Crippen LogP contribution >= 0.6 is 0 Å². The summed E-state index contributed by atoms with van der Waals surface area (Å²) in [5.74, 6) is 0.918. The van der Waals surface area contributed by atoms with Gasteiger partial charge in [0.15, 0.2) is 0 Å². The van der Waals surface area contributed by atoms with Crippen LogP contribution in [0.2, 0.25) is 0 Å². The molecule has 5 heteroatoms. The van der Waals surface area contributed by atoms with Crippen LogP contribution in [0.5, 0.6) is 5.75 Å². The number of ether oxygens (including phenoxy) is 1. The number of benzene rings is 3. The number of aromatic nitrogens is 1. The van der Waals surface area contributed by atoms with Crippen molar-refractivity contribution in [2.75, 3.05) is 38.2 Å². The van der Waals surface area contributed by atoms with E-state index in [0.717, 1.165) is 46.7 Å². The fraction of sp³-hybridized carbons (Fsp3) is 0.214. The zero-order valence-electron chi connectivity index (χ0n) is 19.0. The predicted octanol–water partition coefficient (Wildman–Crippen LogP) is 5.18. The normalized spacial score (nSPS) is 13.9. The van der Waals surface area contributed by atoms with Gasteiger partial charge in [0.2, 0.25) is 0 Å². The van der Waals surface area contributed by atoms with E-state index in [-0.39, 0.29) is 5.91 Å². The molecule has 2 heterocycles. The van der Waals surface area contributed by atoms with Gasteiger partial charge in [-0.1, -0.05) is 60.2 Å². The molecule has 1 saturated heterocycles. The average Bonchev–Trinajstić information content (AvgIpc) is 2.88. The fourth-order valence-electron chi connectivity index (χ4n) is 4.44. The molecule has 0 radical (unpaired) electrons. The second-order valence-electron chi connectivity index (χ2n) is 8.39. The first-order valence-corrected chi connectivity index (χ1v) is 11.3. The van der Waals surface area contributed by atoms with E-state index in [1.165, 1.54) is 5.56 Å². The largest absolute Gasteiger partial charge is 0.495 e. The Morgan fingerprint density at radius 3 is 2.33 bits per heavy atom. The van der Waals surface area contributed by atoms with Gasteiger partial charge in [0.05, 0.1) is 29.6 Å². The van der Waals surface area contributed by atoms with Crippen molar-refractivity contribution >= 4 is 22.5 Å². The summed E-state index contributed by atoms with van der Waals surface area (Å²) in [4.78, 5) is 22.7. The Kier molecular flexibility index (Phi) is 5.69. The number of piperazine rings is 1. The van der Waals surface area contributed by atoms with Crippen molar-refractivity contribution in [1.82, 2.24) is 9.88 Å². The first kappa shape index (κ1) is 21.0. The Balaban J connectivity index is 1.43. The van der Waals surface area contributed by atoms with Gasteiger partial charge in [0.1, 0.15) is 5.75 Å². The van der Waals surface area contributed by atoms with E-state index < -0.39 is 0 Å². The van der Waals surface area contributed by atoms with Crippen LogP contribution in [0.4, 0.5) is 5.69 Å². The molecule has 5 nitrogen and oxygen atoms in total. The van der Waals surface area contributed by atoms with E-state index in [2.05, 4.69) is 42.2 Å². The number of carbonyl (C=O) groups excluding carboxylic acids is 1. The minimum atomic E-state index is 0.0571. The van der Waals surface area contributed by atoms with Crippen molar-refractivity contribution < 1.29 is 9.53 Å². The smallest absolute Gasteiger partial charge is 0.254 e. The van der Waals surface area contributed by atoms with E-state index >= 15 is 0 Å². The van der Waals surface area contributed by atoms with Gasteiger partial charge in [0.25, 0.3) is 5.91 Å². The van der Waals surface area contributed by atoms with Crippen LogP contribution in [-0.2, 0) is 0 Å². The van der Waals surface area contributed by atoms with E-state index in [1.807, 2.05) is 53.4 Å². The van der Waals surface area contributed by atoms with Gasteiger partial charge in [-0.25, -0.2) is 4.98 Å². The summed E-state index contributed by atoms with van der Waals surface area (Å²) in [5.41, 5.74) is 5.66. The molecule has 0 spiro atoms. The van der Waals surface area contributed by atoms with Crippen molar-refractivity contribution in [3.8, 4) is 17.0 Å². The molecule has 5 rings (SSSR count). The highest BCUT2D eigenvalue weighted by Gasteiger charge is 2.25. The maximum absolute atomic E-state index is 13.7. The molecule has 0 saturated carbocycles. The van der Waals surface area contributed by atoms with Crippen molar-refractivity contribution in [2.24, 2.45) is 0 Å². The number of anilines is 1. The van der Waals surface area contributed by atoms with Gasteiger partial charge in [-0.2, -0.15) is 0 Å². The van der Waals surface area contributed by atoms with E-state index in [4.69, 9.17) is 9.72 Å². The third kappa shape index (κ3) is 4.14. The Morgan fingerprint density at radius 1 is 0.879 bits per heavy atom. The molecule has 1 aliphatic rings. The van der Waals surface area contributed by atoms with Gasteiger partial charge in [-0.05, 0) is 31.2 Å². The van der Waals surface area contributed by atoms with Crippen LogP contribution in [0.3, 0.4) is 0 Å². The Bertz CT molecular complexity index is 1290. The van der Waals surface area contributed by atoms with E-state index in [9.17, 15) is 4.79 Å².